The zero-order chi connectivity index (χ0) is 14.2. The third-order valence-electron chi connectivity index (χ3n) is 3.77. The molecule has 0 spiro atoms. The molecule has 1 aliphatic rings. The number of likely N-dealkylation sites (N-methyl/N-ethyl adjacent to an activating group) is 1. The number of hydrogen-bond acceptors (Lipinski definition) is 4. The molecular formula is C16H27N3O. The highest BCUT2D eigenvalue weighted by Gasteiger charge is 2.11. The van der Waals surface area contributed by atoms with Gasteiger partial charge in [-0.15, -0.1) is 0 Å². The monoisotopic (exact) mass is 277 g/mol. The van der Waals surface area contributed by atoms with Crippen molar-refractivity contribution in [3.05, 3.63) is 29.8 Å². The average Bonchev–Trinajstić information content (AvgIpc) is 2.65. The predicted octanol–water partition coefficient (Wildman–Crippen LogP) is 1.42. The van der Waals surface area contributed by atoms with Crippen molar-refractivity contribution in [1.82, 2.24) is 15.1 Å². The Bertz CT molecular complexity index is 397. The first-order valence-corrected chi connectivity index (χ1v) is 7.55. The fraction of sp³-hybridized carbons (Fsp3) is 0.625. The Morgan fingerprint density at radius 1 is 1.20 bits per heavy atom. The molecule has 1 aliphatic heterocycles. The SMILES string of the molecule is CNCc1cccc(OCCN2CCCN(C)CC2)c1. The lowest BCUT2D eigenvalue weighted by atomic mass is 10.2. The van der Waals surface area contributed by atoms with Crippen molar-refractivity contribution in [2.24, 2.45) is 0 Å². The summed E-state index contributed by atoms with van der Waals surface area (Å²) in [5, 5.41) is 3.16. The zero-order valence-corrected chi connectivity index (χ0v) is 12.8. The van der Waals surface area contributed by atoms with Gasteiger partial charge in [-0.25, -0.2) is 0 Å². The minimum absolute atomic E-state index is 0.771. The Morgan fingerprint density at radius 2 is 2.10 bits per heavy atom. The average molecular weight is 277 g/mol. The van der Waals surface area contributed by atoms with Gasteiger partial charge in [0.25, 0.3) is 0 Å². The van der Waals surface area contributed by atoms with Gasteiger partial charge in [0.2, 0.25) is 0 Å². The summed E-state index contributed by atoms with van der Waals surface area (Å²) in [5.41, 5.74) is 1.27. The second-order valence-corrected chi connectivity index (χ2v) is 5.52. The number of nitrogens with zero attached hydrogens (tertiary/aromatic N) is 2. The van der Waals surface area contributed by atoms with Crippen LogP contribution in [0.4, 0.5) is 0 Å². The molecule has 1 heterocycles. The van der Waals surface area contributed by atoms with Crippen molar-refractivity contribution in [2.45, 2.75) is 13.0 Å². The fourth-order valence-electron chi connectivity index (χ4n) is 2.57. The maximum Gasteiger partial charge on any atom is 0.119 e. The highest BCUT2D eigenvalue weighted by atomic mass is 16.5. The first kappa shape index (κ1) is 15.3. The van der Waals surface area contributed by atoms with Gasteiger partial charge in [-0.1, -0.05) is 12.1 Å². The van der Waals surface area contributed by atoms with Gasteiger partial charge in [0, 0.05) is 26.2 Å². The highest BCUT2D eigenvalue weighted by molar-refractivity contribution is 5.28. The number of ether oxygens (including phenoxy) is 1. The molecule has 0 saturated carbocycles. The number of benzene rings is 1. The lowest BCUT2D eigenvalue weighted by Crippen LogP contribution is -2.32. The third-order valence-corrected chi connectivity index (χ3v) is 3.77. The van der Waals surface area contributed by atoms with Crippen LogP contribution in [-0.2, 0) is 6.54 Å². The second kappa shape index (κ2) is 8.25. The van der Waals surface area contributed by atoms with Crippen molar-refractivity contribution in [2.75, 3.05) is 53.4 Å². The molecule has 0 atom stereocenters. The first-order chi connectivity index (χ1) is 9.78. The molecule has 0 aromatic heterocycles. The molecule has 20 heavy (non-hydrogen) atoms. The molecule has 2 rings (SSSR count). The summed E-state index contributed by atoms with van der Waals surface area (Å²) in [6.07, 6.45) is 1.26. The molecule has 112 valence electrons. The Hall–Kier alpha value is -1.10. The van der Waals surface area contributed by atoms with E-state index in [1.54, 1.807) is 0 Å². The quantitative estimate of drug-likeness (QED) is 0.851. The molecule has 1 saturated heterocycles. The number of hydrogen-bond donors (Lipinski definition) is 1. The normalized spacial score (nSPS) is 17.9. The minimum Gasteiger partial charge on any atom is -0.492 e. The molecule has 0 unspecified atom stereocenters. The second-order valence-electron chi connectivity index (χ2n) is 5.52. The van der Waals surface area contributed by atoms with Crippen molar-refractivity contribution in [3.8, 4) is 5.75 Å². The highest BCUT2D eigenvalue weighted by Crippen LogP contribution is 2.13. The van der Waals surface area contributed by atoms with Gasteiger partial charge >= 0.3 is 0 Å². The first-order valence-electron chi connectivity index (χ1n) is 7.55. The molecule has 0 amide bonds. The molecule has 0 radical (unpaired) electrons. The van der Waals surface area contributed by atoms with Gasteiger partial charge in [0.1, 0.15) is 12.4 Å². The molecule has 0 bridgehead atoms. The molecule has 1 aromatic carbocycles. The molecule has 4 heteroatoms. The smallest absolute Gasteiger partial charge is 0.119 e. The van der Waals surface area contributed by atoms with E-state index < -0.39 is 0 Å². The van der Waals surface area contributed by atoms with Gasteiger partial charge in [-0.3, -0.25) is 4.90 Å². The minimum atomic E-state index is 0.771. The Balaban J connectivity index is 1.73. The van der Waals surface area contributed by atoms with Crippen molar-refractivity contribution in [1.29, 1.82) is 0 Å². The van der Waals surface area contributed by atoms with Crippen LogP contribution in [0.3, 0.4) is 0 Å². The van der Waals surface area contributed by atoms with Crippen LogP contribution in [0.15, 0.2) is 24.3 Å². The van der Waals surface area contributed by atoms with Crippen molar-refractivity contribution >= 4 is 0 Å². The van der Waals surface area contributed by atoms with Gasteiger partial charge in [-0.2, -0.15) is 0 Å². The van der Waals surface area contributed by atoms with E-state index in [1.165, 1.54) is 25.1 Å². The van der Waals surface area contributed by atoms with Crippen LogP contribution in [0.5, 0.6) is 5.75 Å². The van der Waals surface area contributed by atoms with Crippen LogP contribution in [-0.4, -0.2) is 63.2 Å². The summed E-state index contributed by atoms with van der Waals surface area (Å²) in [4.78, 5) is 4.91. The van der Waals surface area contributed by atoms with Gasteiger partial charge in [-0.05, 0) is 51.3 Å². The Labute approximate surface area is 122 Å². The van der Waals surface area contributed by atoms with E-state index in [0.717, 1.165) is 38.5 Å². The van der Waals surface area contributed by atoms with E-state index in [1.807, 2.05) is 13.1 Å². The maximum atomic E-state index is 5.88. The molecular weight excluding hydrogens is 250 g/mol. The molecule has 1 fully saturated rings. The van der Waals surface area contributed by atoms with E-state index in [2.05, 4.69) is 40.4 Å². The Morgan fingerprint density at radius 3 is 2.95 bits per heavy atom. The lowest BCUT2D eigenvalue weighted by Gasteiger charge is -2.20. The van der Waals surface area contributed by atoms with E-state index in [-0.39, 0.29) is 0 Å². The van der Waals surface area contributed by atoms with Crippen LogP contribution in [0.2, 0.25) is 0 Å². The third kappa shape index (κ3) is 5.12. The van der Waals surface area contributed by atoms with Crippen LogP contribution in [0.1, 0.15) is 12.0 Å². The molecule has 4 nitrogen and oxygen atoms in total. The predicted molar refractivity (Wildman–Crippen MR) is 83.3 cm³/mol. The summed E-state index contributed by atoms with van der Waals surface area (Å²) >= 11 is 0. The topological polar surface area (TPSA) is 27.7 Å². The maximum absolute atomic E-state index is 5.88. The van der Waals surface area contributed by atoms with E-state index in [0.29, 0.717) is 0 Å². The summed E-state index contributed by atoms with van der Waals surface area (Å²) in [6, 6.07) is 8.33. The lowest BCUT2D eigenvalue weighted by molar-refractivity contribution is 0.212. The van der Waals surface area contributed by atoms with Crippen molar-refractivity contribution in [3.63, 3.8) is 0 Å². The largest absolute Gasteiger partial charge is 0.492 e. The van der Waals surface area contributed by atoms with E-state index in [9.17, 15) is 0 Å². The van der Waals surface area contributed by atoms with Crippen molar-refractivity contribution < 1.29 is 4.74 Å². The van der Waals surface area contributed by atoms with E-state index >= 15 is 0 Å². The number of nitrogens with one attached hydrogen (secondary N) is 1. The van der Waals surface area contributed by atoms with Gasteiger partial charge in [0.05, 0.1) is 0 Å². The van der Waals surface area contributed by atoms with E-state index in [4.69, 9.17) is 4.74 Å². The zero-order valence-electron chi connectivity index (χ0n) is 12.8. The summed E-state index contributed by atoms with van der Waals surface area (Å²) in [7, 11) is 4.16. The van der Waals surface area contributed by atoms with Crippen LogP contribution < -0.4 is 10.1 Å². The van der Waals surface area contributed by atoms with Crippen LogP contribution in [0.25, 0.3) is 0 Å². The Kier molecular flexibility index (Phi) is 6.30. The summed E-state index contributed by atoms with van der Waals surface area (Å²) < 4.78 is 5.88. The van der Waals surface area contributed by atoms with Gasteiger partial charge < -0.3 is 15.0 Å². The van der Waals surface area contributed by atoms with Crippen LogP contribution >= 0.6 is 0 Å². The number of rotatable bonds is 6. The standard InChI is InChI=1S/C16H27N3O/c1-17-14-15-5-3-6-16(13-15)20-12-11-19-8-4-7-18(2)9-10-19/h3,5-6,13,17H,4,7-12,14H2,1-2H3. The summed E-state index contributed by atoms with van der Waals surface area (Å²) in [6.45, 7) is 7.39. The fourth-order valence-corrected chi connectivity index (χ4v) is 2.57. The van der Waals surface area contributed by atoms with Gasteiger partial charge in [0.15, 0.2) is 0 Å². The summed E-state index contributed by atoms with van der Waals surface area (Å²) in [5.74, 6) is 0.977. The molecule has 1 aromatic rings. The van der Waals surface area contributed by atoms with Crippen LogP contribution in [0, 0.1) is 0 Å². The molecule has 1 N–H and O–H groups in total. The molecule has 0 aliphatic carbocycles.